The highest BCUT2D eigenvalue weighted by Gasteiger charge is 2.27. The van der Waals surface area contributed by atoms with Crippen LogP contribution in [0.5, 0.6) is 0 Å². The monoisotopic (exact) mass is 290 g/mol. The van der Waals surface area contributed by atoms with E-state index in [1.54, 1.807) is 11.0 Å². The smallest absolute Gasteiger partial charge is 0.226 e. The van der Waals surface area contributed by atoms with Crippen molar-refractivity contribution in [3.63, 3.8) is 0 Å². The largest absolute Gasteiger partial charge is 0.388 e. The first-order chi connectivity index (χ1) is 10.1. The Hall–Kier alpha value is -1.93. The van der Waals surface area contributed by atoms with Crippen LogP contribution in [0.25, 0.3) is 0 Å². The lowest BCUT2D eigenvalue weighted by atomic mass is 10.0. The molecular formula is C16H19FN2O2. The van der Waals surface area contributed by atoms with E-state index in [2.05, 4.69) is 0 Å². The number of aliphatic hydroxyl groups is 1. The third-order valence-electron chi connectivity index (χ3n) is 3.93. The summed E-state index contributed by atoms with van der Waals surface area (Å²) in [5, 5.41) is 19.0. The standard InChI is InChI=1S/C16H19FN2O2/c17-13-5-3-4-12(10-13)15(20)11-16(21)19(9-8-18)14-6-1-2-7-14/h3-5,10,14-15,20H,1-2,6-7,9,11H2. The van der Waals surface area contributed by atoms with Crippen LogP contribution in [0.1, 0.15) is 43.8 Å². The summed E-state index contributed by atoms with van der Waals surface area (Å²) in [5.41, 5.74) is 0.381. The summed E-state index contributed by atoms with van der Waals surface area (Å²) < 4.78 is 13.1. The maximum Gasteiger partial charge on any atom is 0.226 e. The van der Waals surface area contributed by atoms with E-state index in [0.717, 1.165) is 25.7 Å². The lowest BCUT2D eigenvalue weighted by Crippen LogP contribution is -2.39. The zero-order valence-corrected chi connectivity index (χ0v) is 11.8. The van der Waals surface area contributed by atoms with E-state index < -0.39 is 11.9 Å². The van der Waals surface area contributed by atoms with E-state index >= 15 is 0 Å². The van der Waals surface area contributed by atoms with Crippen LogP contribution in [0, 0.1) is 17.1 Å². The van der Waals surface area contributed by atoms with Crippen molar-refractivity contribution in [3.8, 4) is 6.07 Å². The molecule has 1 N–H and O–H groups in total. The molecule has 4 nitrogen and oxygen atoms in total. The van der Waals surface area contributed by atoms with Crippen molar-refractivity contribution in [1.29, 1.82) is 5.26 Å². The Morgan fingerprint density at radius 2 is 2.19 bits per heavy atom. The second-order valence-electron chi connectivity index (χ2n) is 5.39. The van der Waals surface area contributed by atoms with Gasteiger partial charge in [-0.3, -0.25) is 4.79 Å². The minimum Gasteiger partial charge on any atom is -0.388 e. The van der Waals surface area contributed by atoms with Gasteiger partial charge in [-0.2, -0.15) is 5.26 Å². The lowest BCUT2D eigenvalue weighted by molar-refractivity contribution is -0.134. The number of aliphatic hydroxyl groups excluding tert-OH is 1. The van der Waals surface area contributed by atoms with Gasteiger partial charge < -0.3 is 10.0 Å². The van der Waals surface area contributed by atoms with Crippen molar-refractivity contribution < 1.29 is 14.3 Å². The van der Waals surface area contributed by atoms with E-state index in [-0.39, 0.29) is 24.9 Å². The van der Waals surface area contributed by atoms with Gasteiger partial charge in [-0.25, -0.2) is 4.39 Å². The maximum atomic E-state index is 13.1. The summed E-state index contributed by atoms with van der Waals surface area (Å²) in [6, 6.07) is 7.71. The molecule has 1 fully saturated rings. The average molecular weight is 290 g/mol. The predicted molar refractivity (Wildman–Crippen MR) is 75.6 cm³/mol. The Kier molecular flexibility index (Phi) is 5.29. The Balaban J connectivity index is 2.02. The van der Waals surface area contributed by atoms with Crippen LogP contribution in [0.4, 0.5) is 4.39 Å². The average Bonchev–Trinajstić information content (AvgIpc) is 2.98. The molecule has 1 aromatic rings. The van der Waals surface area contributed by atoms with Crippen molar-refractivity contribution >= 4 is 5.91 Å². The second kappa shape index (κ2) is 7.19. The van der Waals surface area contributed by atoms with Crippen LogP contribution in [0.3, 0.4) is 0 Å². The number of carbonyl (C=O) groups excluding carboxylic acids is 1. The number of halogens is 1. The van der Waals surface area contributed by atoms with Crippen LogP contribution in [-0.4, -0.2) is 28.5 Å². The van der Waals surface area contributed by atoms with Crippen LogP contribution < -0.4 is 0 Å². The first-order valence-electron chi connectivity index (χ1n) is 7.21. The fourth-order valence-electron chi connectivity index (χ4n) is 2.83. The van der Waals surface area contributed by atoms with Crippen molar-refractivity contribution in [2.75, 3.05) is 6.54 Å². The van der Waals surface area contributed by atoms with E-state index in [0.29, 0.717) is 5.56 Å². The van der Waals surface area contributed by atoms with E-state index in [9.17, 15) is 14.3 Å². The highest BCUT2D eigenvalue weighted by atomic mass is 19.1. The van der Waals surface area contributed by atoms with Gasteiger partial charge in [0.1, 0.15) is 12.4 Å². The molecular weight excluding hydrogens is 271 g/mol. The summed E-state index contributed by atoms with van der Waals surface area (Å²) in [7, 11) is 0. The van der Waals surface area contributed by atoms with Crippen LogP contribution >= 0.6 is 0 Å². The molecule has 0 spiro atoms. The molecule has 21 heavy (non-hydrogen) atoms. The zero-order chi connectivity index (χ0) is 15.2. The molecule has 0 aromatic heterocycles. The van der Waals surface area contributed by atoms with Crippen LogP contribution in [-0.2, 0) is 4.79 Å². The third kappa shape index (κ3) is 4.02. The first-order valence-corrected chi connectivity index (χ1v) is 7.21. The highest BCUT2D eigenvalue weighted by Crippen LogP contribution is 2.26. The number of carbonyl (C=O) groups is 1. The van der Waals surface area contributed by atoms with Gasteiger partial charge >= 0.3 is 0 Å². The fourth-order valence-corrected chi connectivity index (χ4v) is 2.83. The SMILES string of the molecule is N#CCN(C(=O)CC(O)c1cccc(F)c1)C1CCCC1. The zero-order valence-electron chi connectivity index (χ0n) is 11.8. The summed E-state index contributed by atoms with van der Waals surface area (Å²) in [4.78, 5) is 13.9. The van der Waals surface area contributed by atoms with Gasteiger partial charge in [0.15, 0.2) is 0 Å². The summed E-state index contributed by atoms with van der Waals surface area (Å²) in [6.45, 7) is 0.0410. The van der Waals surface area contributed by atoms with Crippen molar-refractivity contribution in [3.05, 3.63) is 35.6 Å². The molecule has 112 valence electrons. The molecule has 0 radical (unpaired) electrons. The Labute approximate surface area is 123 Å². The maximum absolute atomic E-state index is 13.1. The van der Waals surface area contributed by atoms with Gasteiger partial charge in [-0.05, 0) is 30.5 Å². The highest BCUT2D eigenvalue weighted by molar-refractivity contribution is 5.77. The van der Waals surface area contributed by atoms with E-state index in [4.69, 9.17) is 5.26 Å². The molecule has 5 heteroatoms. The van der Waals surface area contributed by atoms with E-state index in [1.165, 1.54) is 18.2 Å². The third-order valence-corrected chi connectivity index (χ3v) is 3.93. The molecule has 0 bridgehead atoms. The molecule has 0 aliphatic heterocycles. The van der Waals surface area contributed by atoms with Crippen LogP contribution in [0.15, 0.2) is 24.3 Å². The molecule has 1 atom stereocenters. The van der Waals surface area contributed by atoms with Crippen LogP contribution in [0.2, 0.25) is 0 Å². The van der Waals surface area contributed by atoms with Gasteiger partial charge in [-0.15, -0.1) is 0 Å². The minimum atomic E-state index is -1.05. The van der Waals surface area contributed by atoms with Gasteiger partial charge in [0.25, 0.3) is 0 Å². The predicted octanol–water partition coefficient (Wildman–Crippen LogP) is 2.54. The quantitative estimate of drug-likeness (QED) is 0.848. The first kappa shape index (κ1) is 15.5. The number of nitriles is 1. The topological polar surface area (TPSA) is 64.3 Å². The Bertz CT molecular complexity index is 535. The molecule has 1 saturated carbocycles. The molecule has 1 aliphatic carbocycles. The molecule has 1 amide bonds. The van der Waals surface area contributed by atoms with Gasteiger partial charge in [0.2, 0.25) is 5.91 Å². The Morgan fingerprint density at radius 1 is 1.48 bits per heavy atom. The van der Waals surface area contributed by atoms with E-state index in [1.807, 2.05) is 6.07 Å². The summed E-state index contributed by atoms with van der Waals surface area (Å²) in [5.74, 6) is -0.691. The van der Waals surface area contributed by atoms with Gasteiger partial charge in [0.05, 0.1) is 18.6 Å². The minimum absolute atomic E-state index is 0.0410. The number of hydrogen-bond donors (Lipinski definition) is 1. The van der Waals surface area contributed by atoms with Gasteiger partial charge in [-0.1, -0.05) is 25.0 Å². The number of rotatable bonds is 5. The van der Waals surface area contributed by atoms with Gasteiger partial charge in [0, 0.05) is 6.04 Å². The lowest BCUT2D eigenvalue weighted by Gasteiger charge is -2.27. The summed E-state index contributed by atoms with van der Waals surface area (Å²) in [6.07, 6.45) is 2.77. The second-order valence-corrected chi connectivity index (χ2v) is 5.39. The number of benzene rings is 1. The fraction of sp³-hybridized carbons (Fsp3) is 0.500. The molecule has 2 rings (SSSR count). The van der Waals surface area contributed by atoms with Crippen molar-refractivity contribution in [2.45, 2.75) is 44.2 Å². The van der Waals surface area contributed by atoms with Crippen molar-refractivity contribution in [2.24, 2.45) is 0 Å². The molecule has 0 saturated heterocycles. The Morgan fingerprint density at radius 3 is 2.81 bits per heavy atom. The number of nitrogens with zero attached hydrogens (tertiary/aromatic N) is 2. The molecule has 1 aliphatic rings. The molecule has 1 aromatic carbocycles. The number of hydrogen-bond acceptors (Lipinski definition) is 3. The van der Waals surface area contributed by atoms with Crippen molar-refractivity contribution in [1.82, 2.24) is 4.90 Å². The molecule has 1 unspecified atom stereocenters. The normalized spacial score (nSPS) is 16.4. The summed E-state index contributed by atoms with van der Waals surface area (Å²) >= 11 is 0. The molecule has 0 heterocycles. The number of amides is 1.